The van der Waals surface area contributed by atoms with Crippen LogP contribution < -0.4 is 25.0 Å². The van der Waals surface area contributed by atoms with Gasteiger partial charge in [0.25, 0.3) is 0 Å². The molecule has 5 rings (SSSR count). The molecule has 2 aromatic heterocycles. The fraction of sp³-hybridized carbons (Fsp3) is 0.458. The van der Waals surface area contributed by atoms with Gasteiger partial charge in [-0.2, -0.15) is 0 Å². The summed E-state index contributed by atoms with van der Waals surface area (Å²) in [7, 11) is 3.66. The molecule has 0 amide bonds. The topological polar surface area (TPSA) is 58.7 Å². The van der Waals surface area contributed by atoms with Crippen molar-refractivity contribution in [1.29, 1.82) is 0 Å². The number of likely N-dealkylation sites (N-methyl/N-ethyl adjacent to an activating group) is 1. The lowest BCUT2D eigenvalue weighted by Crippen LogP contribution is -2.35. The van der Waals surface area contributed by atoms with E-state index in [1.165, 1.54) is 16.8 Å². The minimum atomic E-state index is 0.658. The molecule has 2 saturated heterocycles. The summed E-state index contributed by atoms with van der Waals surface area (Å²) in [6, 6.07) is 12.6. The van der Waals surface area contributed by atoms with Gasteiger partial charge in [0.05, 0.1) is 28.7 Å². The molecule has 0 spiro atoms. The van der Waals surface area contributed by atoms with Gasteiger partial charge in [0.2, 0.25) is 0 Å². The second kappa shape index (κ2) is 9.02. The van der Waals surface area contributed by atoms with Crippen molar-refractivity contribution < 1.29 is 9.47 Å². The Hall–Kier alpha value is -2.35. The highest BCUT2D eigenvalue weighted by atomic mass is 32.1. The lowest BCUT2D eigenvalue weighted by Gasteiger charge is -2.23. The second-order valence-electron chi connectivity index (χ2n) is 8.40. The molecule has 0 aliphatic carbocycles. The van der Waals surface area contributed by atoms with Crippen molar-refractivity contribution in [3.63, 3.8) is 0 Å². The Balaban J connectivity index is 1.48. The lowest BCUT2D eigenvalue weighted by molar-refractivity contribution is 0.318. The number of thiophene rings is 1. The molecule has 2 fully saturated rings. The fourth-order valence-electron chi connectivity index (χ4n) is 4.73. The maximum absolute atomic E-state index is 5.77. The van der Waals surface area contributed by atoms with Crippen LogP contribution in [0.5, 0.6) is 10.8 Å². The van der Waals surface area contributed by atoms with E-state index in [1.807, 2.05) is 19.2 Å². The zero-order valence-corrected chi connectivity index (χ0v) is 19.0. The van der Waals surface area contributed by atoms with Crippen LogP contribution in [0.1, 0.15) is 6.42 Å². The van der Waals surface area contributed by atoms with E-state index in [1.54, 1.807) is 18.4 Å². The summed E-state index contributed by atoms with van der Waals surface area (Å²) in [6.45, 7) is 5.99. The molecule has 2 unspecified atom stereocenters. The summed E-state index contributed by atoms with van der Waals surface area (Å²) in [5, 5.41) is 7.57. The van der Waals surface area contributed by atoms with Gasteiger partial charge in [0.15, 0.2) is 5.06 Å². The third kappa shape index (κ3) is 4.22. The normalized spacial score (nSPS) is 20.8. The molecule has 6 nitrogen and oxygen atoms in total. The van der Waals surface area contributed by atoms with Gasteiger partial charge in [-0.25, -0.2) is 4.98 Å². The number of ether oxygens (including phenoxy) is 2. The smallest absolute Gasteiger partial charge is 0.176 e. The van der Waals surface area contributed by atoms with Crippen LogP contribution in [0.2, 0.25) is 0 Å². The number of pyridine rings is 1. The molecule has 2 atom stereocenters. The molecule has 2 N–H and O–H groups in total. The van der Waals surface area contributed by atoms with E-state index in [0.717, 1.165) is 72.1 Å². The van der Waals surface area contributed by atoms with Crippen LogP contribution in [0.25, 0.3) is 21.5 Å². The number of anilines is 1. The summed E-state index contributed by atoms with van der Waals surface area (Å²) in [5.74, 6) is 2.40. The van der Waals surface area contributed by atoms with Crippen LogP contribution in [-0.4, -0.2) is 58.5 Å². The van der Waals surface area contributed by atoms with Crippen LogP contribution in [0.15, 0.2) is 36.4 Å². The Morgan fingerprint density at radius 2 is 2.03 bits per heavy atom. The number of nitrogens with one attached hydrogen (secondary N) is 2. The van der Waals surface area contributed by atoms with Gasteiger partial charge >= 0.3 is 0 Å². The third-order valence-corrected chi connectivity index (χ3v) is 7.53. The number of hydrogen-bond acceptors (Lipinski definition) is 7. The minimum absolute atomic E-state index is 0.658. The molecule has 0 saturated carbocycles. The Labute approximate surface area is 187 Å². The average molecular weight is 439 g/mol. The number of methoxy groups -OCH3 is 1. The number of aromatic nitrogens is 1. The van der Waals surface area contributed by atoms with Gasteiger partial charge < -0.3 is 25.0 Å². The maximum Gasteiger partial charge on any atom is 0.176 e. The van der Waals surface area contributed by atoms with E-state index in [9.17, 15) is 0 Å². The molecule has 0 bridgehead atoms. The molecular formula is C24H30N4O2S. The van der Waals surface area contributed by atoms with Crippen molar-refractivity contribution >= 4 is 27.2 Å². The molecule has 0 radical (unpaired) electrons. The van der Waals surface area contributed by atoms with Gasteiger partial charge in [0.1, 0.15) is 12.4 Å². The molecular weight excluding hydrogens is 408 g/mol. The SMILES string of the molecule is CNCCOc1ccc(-c2cc(N3CC4CCNCC4C3)c3sc(OC)cc3n2)cc1. The zero-order chi connectivity index (χ0) is 21.2. The third-order valence-electron chi connectivity index (χ3n) is 6.42. The van der Waals surface area contributed by atoms with Gasteiger partial charge in [0, 0.05) is 31.3 Å². The van der Waals surface area contributed by atoms with Gasteiger partial charge in [-0.3, -0.25) is 0 Å². The molecule has 2 aliphatic heterocycles. The van der Waals surface area contributed by atoms with Crippen molar-refractivity contribution in [2.45, 2.75) is 6.42 Å². The molecule has 31 heavy (non-hydrogen) atoms. The predicted molar refractivity (Wildman–Crippen MR) is 128 cm³/mol. The fourth-order valence-corrected chi connectivity index (χ4v) is 5.68. The summed E-state index contributed by atoms with van der Waals surface area (Å²) in [5.41, 5.74) is 4.40. The Morgan fingerprint density at radius 1 is 1.19 bits per heavy atom. The second-order valence-corrected chi connectivity index (χ2v) is 9.42. The van der Waals surface area contributed by atoms with E-state index < -0.39 is 0 Å². The monoisotopic (exact) mass is 438 g/mol. The first kappa shape index (κ1) is 20.5. The summed E-state index contributed by atoms with van der Waals surface area (Å²) >= 11 is 1.69. The number of rotatable bonds is 7. The van der Waals surface area contributed by atoms with E-state index >= 15 is 0 Å². The standard InChI is InChI=1S/C24H30N4O2S/c1-25-9-10-30-19-5-3-16(4-6-19)20-11-22(24-21(27-20)12-23(29-2)31-24)28-14-17-7-8-26-13-18(17)15-28/h3-6,11-12,17-18,25-26H,7-10,13-15H2,1-2H3. The Kier molecular flexibility index (Phi) is 5.98. The average Bonchev–Trinajstić information content (AvgIpc) is 3.43. The molecule has 1 aromatic carbocycles. The van der Waals surface area contributed by atoms with Crippen LogP contribution in [0.3, 0.4) is 0 Å². The van der Waals surface area contributed by atoms with Crippen molar-refractivity contribution in [3.05, 3.63) is 36.4 Å². The number of hydrogen-bond donors (Lipinski definition) is 2. The van der Waals surface area contributed by atoms with Crippen molar-refractivity contribution in [2.75, 3.05) is 58.4 Å². The number of piperidine rings is 1. The van der Waals surface area contributed by atoms with Crippen LogP contribution in [0, 0.1) is 11.8 Å². The largest absolute Gasteiger partial charge is 0.492 e. The van der Waals surface area contributed by atoms with Gasteiger partial charge in [-0.15, -0.1) is 0 Å². The number of benzene rings is 1. The van der Waals surface area contributed by atoms with Crippen LogP contribution >= 0.6 is 11.3 Å². The summed E-state index contributed by atoms with van der Waals surface area (Å²) < 4.78 is 12.5. The number of fused-ring (bicyclic) bond motifs is 2. The first-order valence-electron chi connectivity index (χ1n) is 11.1. The Morgan fingerprint density at radius 3 is 2.81 bits per heavy atom. The Bertz CT molecular complexity index is 1020. The first-order valence-corrected chi connectivity index (χ1v) is 11.9. The van der Waals surface area contributed by atoms with Gasteiger partial charge in [-0.1, -0.05) is 11.3 Å². The highest BCUT2D eigenvalue weighted by molar-refractivity contribution is 7.21. The summed E-state index contributed by atoms with van der Waals surface area (Å²) in [4.78, 5) is 7.55. The van der Waals surface area contributed by atoms with Crippen molar-refractivity contribution in [2.24, 2.45) is 11.8 Å². The molecule has 164 valence electrons. The van der Waals surface area contributed by atoms with E-state index in [2.05, 4.69) is 39.8 Å². The van der Waals surface area contributed by atoms with Crippen LogP contribution in [0.4, 0.5) is 5.69 Å². The molecule has 2 aliphatic rings. The number of nitrogens with zero attached hydrogens (tertiary/aromatic N) is 2. The minimum Gasteiger partial charge on any atom is -0.492 e. The van der Waals surface area contributed by atoms with E-state index in [0.29, 0.717) is 6.61 Å². The van der Waals surface area contributed by atoms with Gasteiger partial charge in [-0.05, 0) is 68.7 Å². The molecule has 4 heterocycles. The predicted octanol–water partition coefficient (Wildman–Crippen LogP) is 3.62. The zero-order valence-electron chi connectivity index (χ0n) is 18.2. The molecule has 3 aromatic rings. The van der Waals surface area contributed by atoms with E-state index in [-0.39, 0.29) is 0 Å². The first-order chi connectivity index (χ1) is 15.2. The van der Waals surface area contributed by atoms with E-state index in [4.69, 9.17) is 14.5 Å². The highest BCUT2D eigenvalue weighted by Crippen LogP contribution is 2.42. The van der Waals surface area contributed by atoms with Crippen LogP contribution in [-0.2, 0) is 0 Å². The van der Waals surface area contributed by atoms with Crippen molar-refractivity contribution in [3.8, 4) is 22.1 Å². The molecule has 7 heteroatoms. The lowest BCUT2D eigenvalue weighted by atomic mass is 9.90. The van der Waals surface area contributed by atoms with Crippen molar-refractivity contribution in [1.82, 2.24) is 15.6 Å². The maximum atomic E-state index is 5.77. The highest BCUT2D eigenvalue weighted by Gasteiger charge is 2.35. The quantitative estimate of drug-likeness (QED) is 0.550. The summed E-state index contributed by atoms with van der Waals surface area (Å²) in [6.07, 6.45) is 1.27.